The molecule has 188 valence electrons. The molecule has 2 heterocycles. The van der Waals surface area contributed by atoms with E-state index in [1.54, 1.807) is 6.07 Å². The van der Waals surface area contributed by atoms with Crippen LogP contribution < -0.4 is 15.4 Å². The Morgan fingerprint density at radius 1 is 1.00 bits per heavy atom. The average molecular weight is 492 g/mol. The van der Waals surface area contributed by atoms with E-state index in [1.807, 2.05) is 37.3 Å². The first kappa shape index (κ1) is 25.1. The van der Waals surface area contributed by atoms with Crippen molar-refractivity contribution in [1.29, 1.82) is 0 Å². The van der Waals surface area contributed by atoms with E-state index in [4.69, 9.17) is 9.47 Å². The Balaban J connectivity index is 1.58. The lowest BCUT2D eigenvalue weighted by Gasteiger charge is -2.22. The lowest BCUT2D eigenvalue weighted by molar-refractivity contribution is -0.143. The van der Waals surface area contributed by atoms with Crippen LogP contribution in [0.2, 0.25) is 0 Å². The van der Waals surface area contributed by atoms with Crippen molar-refractivity contribution in [1.82, 2.24) is 10.3 Å². The van der Waals surface area contributed by atoms with Crippen molar-refractivity contribution in [3.8, 4) is 5.88 Å². The summed E-state index contributed by atoms with van der Waals surface area (Å²) in [4.78, 5) is 42.2. The van der Waals surface area contributed by atoms with Gasteiger partial charge in [0.25, 0.3) is 11.8 Å². The number of methoxy groups -OCH3 is 1. The number of pyridine rings is 1. The van der Waals surface area contributed by atoms with Crippen LogP contribution in [0.3, 0.4) is 0 Å². The minimum Gasteiger partial charge on any atom is -0.466 e. The number of amides is 2. The number of hydrogen-bond acceptors (Lipinski definition) is 7. The predicted octanol–water partition coefficient (Wildman–Crippen LogP) is 3.50. The molecule has 1 saturated heterocycles. The van der Waals surface area contributed by atoms with Crippen LogP contribution in [-0.4, -0.2) is 56.2 Å². The van der Waals surface area contributed by atoms with E-state index in [2.05, 4.69) is 20.4 Å². The van der Waals surface area contributed by atoms with Crippen molar-refractivity contribution >= 4 is 34.2 Å². The highest BCUT2D eigenvalue weighted by molar-refractivity contribution is 6.15. The molecule has 2 amide bonds. The zero-order valence-corrected chi connectivity index (χ0v) is 20.3. The van der Waals surface area contributed by atoms with Gasteiger partial charge in [-0.05, 0) is 54.2 Å². The fourth-order valence-electron chi connectivity index (χ4n) is 4.10. The Hall–Kier alpha value is -3.98. The Morgan fingerprint density at radius 2 is 1.75 bits per heavy atom. The molecular formula is C27H29N3O6. The SMILES string of the molecule is COC(=O)COc1ccc(NC(=O)c2ccc(C)c3ccccc23)c(C(=O)NCC2CCOCC2)n1. The van der Waals surface area contributed by atoms with Gasteiger partial charge in [0.15, 0.2) is 12.3 Å². The molecule has 1 aromatic heterocycles. The van der Waals surface area contributed by atoms with Crippen molar-refractivity contribution in [3.05, 3.63) is 65.4 Å². The highest BCUT2D eigenvalue weighted by Gasteiger charge is 2.21. The molecule has 3 aromatic rings. The van der Waals surface area contributed by atoms with Gasteiger partial charge in [-0.15, -0.1) is 0 Å². The highest BCUT2D eigenvalue weighted by atomic mass is 16.6. The topological polar surface area (TPSA) is 116 Å². The number of carbonyl (C=O) groups is 3. The minimum atomic E-state index is -0.578. The summed E-state index contributed by atoms with van der Waals surface area (Å²) < 4.78 is 15.3. The number of hydrogen-bond donors (Lipinski definition) is 2. The van der Waals surface area contributed by atoms with Gasteiger partial charge in [-0.2, -0.15) is 0 Å². The lowest BCUT2D eigenvalue weighted by Crippen LogP contribution is -2.33. The van der Waals surface area contributed by atoms with Crippen molar-refractivity contribution < 1.29 is 28.6 Å². The van der Waals surface area contributed by atoms with Gasteiger partial charge in [-0.3, -0.25) is 9.59 Å². The maximum absolute atomic E-state index is 13.3. The summed E-state index contributed by atoms with van der Waals surface area (Å²) in [5, 5.41) is 7.53. The average Bonchev–Trinajstić information content (AvgIpc) is 2.91. The molecule has 0 unspecified atom stereocenters. The third-order valence-corrected chi connectivity index (χ3v) is 6.18. The molecule has 0 spiro atoms. The number of nitrogens with zero attached hydrogens (tertiary/aromatic N) is 1. The number of nitrogens with one attached hydrogen (secondary N) is 2. The highest BCUT2D eigenvalue weighted by Crippen LogP contribution is 2.25. The second kappa shape index (κ2) is 11.6. The summed E-state index contributed by atoms with van der Waals surface area (Å²) in [7, 11) is 1.25. The molecule has 9 nitrogen and oxygen atoms in total. The largest absolute Gasteiger partial charge is 0.466 e. The Kier molecular flexibility index (Phi) is 8.12. The van der Waals surface area contributed by atoms with Crippen LogP contribution in [0.15, 0.2) is 48.5 Å². The first-order valence-corrected chi connectivity index (χ1v) is 11.8. The zero-order valence-electron chi connectivity index (χ0n) is 20.3. The van der Waals surface area contributed by atoms with Crippen LogP contribution in [-0.2, 0) is 14.3 Å². The van der Waals surface area contributed by atoms with Crippen LogP contribution in [0, 0.1) is 12.8 Å². The minimum absolute atomic E-state index is 0.00538. The van der Waals surface area contributed by atoms with Gasteiger partial charge in [0.05, 0.1) is 12.8 Å². The quantitative estimate of drug-likeness (QED) is 0.463. The van der Waals surface area contributed by atoms with Gasteiger partial charge < -0.3 is 24.8 Å². The van der Waals surface area contributed by atoms with Gasteiger partial charge in [0.2, 0.25) is 5.88 Å². The van der Waals surface area contributed by atoms with Crippen molar-refractivity contribution in [2.75, 3.05) is 38.8 Å². The molecule has 9 heteroatoms. The fraction of sp³-hybridized carbons (Fsp3) is 0.333. The second-order valence-electron chi connectivity index (χ2n) is 8.61. The van der Waals surface area contributed by atoms with E-state index in [0.717, 1.165) is 29.2 Å². The molecule has 1 aliphatic heterocycles. The molecule has 1 fully saturated rings. The number of anilines is 1. The number of benzene rings is 2. The smallest absolute Gasteiger partial charge is 0.343 e. The van der Waals surface area contributed by atoms with Crippen LogP contribution in [0.4, 0.5) is 5.69 Å². The van der Waals surface area contributed by atoms with Gasteiger partial charge in [-0.1, -0.05) is 30.3 Å². The molecule has 1 aliphatic rings. The van der Waals surface area contributed by atoms with Gasteiger partial charge in [-0.25, -0.2) is 9.78 Å². The van der Waals surface area contributed by atoms with E-state index >= 15 is 0 Å². The van der Waals surface area contributed by atoms with Crippen LogP contribution >= 0.6 is 0 Å². The summed E-state index contributed by atoms with van der Waals surface area (Å²) in [6, 6.07) is 14.3. The van der Waals surface area contributed by atoms with Crippen LogP contribution in [0.1, 0.15) is 39.3 Å². The molecular weight excluding hydrogens is 462 g/mol. The molecule has 2 N–H and O–H groups in total. The van der Waals surface area contributed by atoms with Gasteiger partial charge >= 0.3 is 5.97 Å². The number of aromatic nitrogens is 1. The van der Waals surface area contributed by atoms with Gasteiger partial charge in [0, 0.05) is 31.4 Å². The first-order valence-electron chi connectivity index (χ1n) is 11.8. The van der Waals surface area contributed by atoms with Crippen molar-refractivity contribution in [2.45, 2.75) is 19.8 Å². The van der Waals surface area contributed by atoms with Crippen molar-refractivity contribution in [2.24, 2.45) is 5.92 Å². The first-order chi connectivity index (χ1) is 17.5. The zero-order chi connectivity index (χ0) is 25.5. The molecule has 36 heavy (non-hydrogen) atoms. The fourth-order valence-corrected chi connectivity index (χ4v) is 4.10. The third kappa shape index (κ3) is 5.98. The summed E-state index contributed by atoms with van der Waals surface area (Å²) in [5.41, 5.74) is 1.77. The maximum Gasteiger partial charge on any atom is 0.343 e. The van der Waals surface area contributed by atoms with E-state index in [9.17, 15) is 14.4 Å². The number of aryl methyl sites for hydroxylation is 1. The summed E-state index contributed by atoms with van der Waals surface area (Å²) in [5.74, 6) is -1.02. The summed E-state index contributed by atoms with van der Waals surface area (Å²) in [6.45, 7) is 3.44. The lowest BCUT2D eigenvalue weighted by atomic mass is 10.00. The van der Waals surface area contributed by atoms with Crippen molar-refractivity contribution in [3.63, 3.8) is 0 Å². The van der Waals surface area contributed by atoms with E-state index < -0.39 is 11.9 Å². The Morgan fingerprint density at radius 3 is 2.50 bits per heavy atom. The molecule has 0 radical (unpaired) electrons. The van der Waals surface area contributed by atoms with E-state index in [-0.39, 0.29) is 29.8 Å². The van der Waals surface area contributed by atoms with Crippen LogP contribution in [0.5, 0.6) is 5.88 Å². The standard InChI is InChI=1S/C27H29N3O6/c1-17-7-8-21(20-6-4-3-5-19(17)20)26(32)29-22-9-10-23(36-16-24(31)34-2)30-25(22)27(33)28-15-18-11-13-35-14-12-18/h3-10,18H,11-16H2,1-2H3,(H,28,33)(H,29,32). The second-order valence-corrected chi connectivity index (χ2v) is 8.61. The number of ether oxygens (including phenoxy) is 3. The molecule has 0 aliphatic carbocycles. The molecule has 0 saturated carbocycles. The van der Waals surface area contributed by atoms with E-state index in [0.29, 0.717) is 31.2 Å². The van der Waals surface area contributed by atoms with Gasteiger partial charge in [0.1, 0.15) is 0 Å². The Labute approximate surface area is 209 Å². The predicted molar refractivity (Wildman–Crippen MR) is 134 cm³/mol. The van der Waals surface area contributed by atoms with E-state index in [1.165, 1.54) is 19.2 Å². The monoisotopic (exact) mass is 491 g/mol. The Bertz CT molecular complexity index is 1270. The number of fused-ring (bicyclic) bond motifs is 1. The molecule has 4 rings (SSSR count). The normalized spacial score (nSPS) is 13.7. The van der Waals surface area contributed by atoms with Crippen LogP contribution in [0.25, 0.3) is 10.8 Å². The third-order valence-electron chi connectivity index (χ3n) is 6.18. The molecule has 0 bridgehead atoms. The number of esters is 1. The summed E-state index contributed by atoms with van der Waals surface area (Å²) >= 11 is 0. The number of carbonyl (C=O) groups excluding carboxylic acids is 3. The molecule has 2 aromatic carbocycles. The maximum atomic E-state index is 13.3. The molecule has 0 atom stereocenters. The number of rotatable bonds is 8. The summed E-state index contributed by atoms with van der Waals surface area (Å²) in [6.07, 6.45) is 1.72.